The number of halogens is 1. The number of hydrogen-bond acceptors (Lipinski definition) is 7. The topological polar surface area (TPSA) is 107 Å². The van der Waals surface area contributed by atoms with E-state index >= 15 is 0 Å². The molecular formula is C23H28FN3O5S. The SMILES string of the molecule is COc1nc(-c2cc(F)cc(OCC(C)C)c2)ccc1C(=O)NS(=O)(=O)c1cccc(C)n1.[HH].[HH]. The molecule has 178 valence electrons. The van der Waals surface area contributed by atoms with E-state index in [4.69, 9.17) is 9.47 Å². The highest BCUT2D eigenvalue weighted by atomic mass is 32.2. The summed E-state index contributed by atoms with van der Waals surface area (Å²) in [7, 11) is -2.91. The number of carbonyl (C=O) groups excluding carboxylic acids is 1. The quantitative estimate of drug-likeness (QED) is 0.517. The van der Waals surface area contributed by atoms with Crippen LogP contribution in [0.3, 0.4) is 0 Å². The van der Waals surface area contributed by atoms with Crippen molar-refractivity contribution in [3.63, 3.8) is 0 Å². The van der Waals surface area contributed by atoms with E-state index in [0.29, 0.717) is 29.3 Å². The van der Waals surface area contributed by atoms with Crippen molar-refractivity contribution in [3.8, 4) is 22.9 Å². The molecule has 3 rings (SSSR count). The van der Waals surface area contributed by atoms with E-state index in [9.17, 15) is 17.6 Å². The first kappa shape index (κ1) is 24.1. The van der Waals surface area contributed by atoms with Gasteiger partial charge in [0.15, 0.2) is 5.03 Å². The summed E-state index contributed by atoms with van der Waals surface area (Å²) in [6, 6.07) is 11.4. The molecular weight excluding hydrogens is 449 g/mol. The number of aromatic nitrogens is 2. The van der Waals surface area contributed by atoms with Crippen LogP contribution in [0.25, 0.3) is 11.3 Å². The Balaban J connectivity index is 0.00000306. The number of nitrogens with zero attached hydrogens (tertiary/aromatic N) is 2. The molecule has 1 amide bonds. The maximum absolute atomic E-state index is 14.1. The van der Waals surface area contributed by atoms with Crippen molar-refractivity contribution in [2.45, 2.75) is 25.8 Å². The second kappa shape index (κ2) is 9.95. The van der Waals surface area contributed by atoms with E-state index in [1.54, 1.807) is 19.1 Å². The third-order valence-corrected chi connectivity index (χ3v) is 5.65. The Kier molecular flexibility index (Phi) is 7.27. The van der Waals surface area contributed by atoms with Gasteiger partial charge in [-0.05, 0) is 49.2 Å². The highest BCUT2D eigenvalue weighted by Crippen LogP contribution is 2.28. The number of amides is 1. The number of carbonyl (C=O) groups is 1. The van der Waals surface area contributed by atoms with Crippen LogP contribution in [-0.4, -0.2) is 38.0 Å². The molecule has 10 heteroatoms. The summed E-state index contributed by atoms with van der Waals surface area (Å²) in [5, 5.41) is -0.284. The Labute approximate surface area is 194 Å². The van der Waals surface area contributed by atoms with Crippen LogP contribution in [0.4, 0.5) is 4.39 Å². The van der Waals surface area contributed by atoms with E-state index in [1.807, 2.05) is 18.6 Å². The van der Waals surface area contributed by atoms with Crippen LogP contribution in [0.5, 0.6) is 11.6 Å². The van der Waals surface area contributed by atoms with Crippen LogP contribution < -0.4 is 14.2 Å². The molecule has 2 aromatic heterocycles. The first-order valence-corrected chi connectivity index (χ1v) is 11.6. The van der Waals surface area contributed by atoms with Gasteiger partial charge in [0.2, 0.25) is 5.88 Å². The molecule has 0 atom stereocenters. The number of benzene rings is 1. The fourth-order valence-electron chi connectivity index (χ4n) is 2.88. The molecule has 0 aliphatic carbocycles. The van der Waals surface area contributed by atoms with Gasteiger partial charge >= 0.3 is 0 Å². The molecule has 0 unspecified atom stereocenters. The standard InChI is InChI=1S/C23H24FN3O5S.2H2/c1-14(2)13-32-18-11-16(10-17(24)12-18)20-9-8-19(23(26-20)31-4)22(28)27-33(29,30)21-7-5-6-15(3)25-21;;/h5-12,14H,13H2,1-4H3,(H,27,28);2*1H. The van der Waals surface area contributed by atoms with Gasteiger partial charge in [0.05, 0.1) is 19.4 Å². The van der Waals surface area contributed by atoms with Crippen LogP contribution in [0.2, 0.25) is 0 Å². The number of aryl methyl sites for hydroxylation is 1. The molecule has 3 aromatic rings. The van der Waals surface area contributed by atoms with Gasteiger partial charge in [0.1, 0.15) is 17.1 Å². The first-order valence-electron chi connectivity index (χ1n) is 10.1. The van der Waals surface area contributed by atoms with Crippen molar-refractivity contribution in [1.29, 1.82) is 0 Å². The molecule has 0 aliphatic rings. The van der Waals surface area contributed by atoms with Crippen LogP contribution in [-0.2, 0) is 10.0 Å². The minimum Gasteiger partial charge on any atom is -0.493 e. The molecule has 0 radical (unpaired) electrons. The van der Waals surface area contributed by atoms with Gasteiger partial charge < -0.3 is 9.47 Å². The number of methoxy groups -OCH3 is 1. The van der Waals surface area contributed by atoms with Gasteiger partial charge in [-0.2, -0.15) is 8.42 Å². The van der Waals surface area contributed by atoms with E-state index in [2.05, 4.69) is 9.97 Å². The number of ether oxygens (including phenoxy) is 2. The van der Waals surface area contributed by atoms with Crippen LogP contribution in [0.15, 0.2) is 53.6 Å². The molecule has 1 aromatic carbocycles. The van der Waals surface area contributed by atoms with Gasteiger partial charge in [-0.15, -0.1) is 0 Å². The number of rotatable bonds is 8. The van der Waals surface area contributed by atoms with Gasteiger partial charge in [-0.25, -0.2) is 19.1 Å². The highest BCUT2D eigenvalue weighted by molar-refractivity contribution is 7.90. The van der Waals surface area contributed by atoms with Crippen LogP contribution >= 0.6 is 0 Å². The summed E-state index contributed by atoms with van der Waals surface area (Å²) in [5.41, 5.74) is 1.11. The van der Waals surface area contributed by atoms with Crippen LogP contribution in [0.1, 0.15) is 32.8 Å². The molecule has 33 heavy (non-hydrogen) atoms. The maximum Gasteiger partial charge on any atom is 0.281 e. The Bertz CT molecular complexity index is 1290. The monoisotopic (exact) mass is 477 g/mol. The minimum atomic E-state index is -4.20. The van der Waals surface area contributed by atoms with E-state index < -0.39 is 21.7 Å². The third-order valence-electron chi connectivity index (χ3n) is 4.41. The zero-order chi connectivity index (χ0) is 24.2. The lowest BCUT2D eigenvalue weighted by molar-refractivity contribution is 0.0977. The van der Waals surface area contributed by atoms with Crippen molar-refractivity contribution in [2.24, 2.45) is 5.92 Å². The third kappa shape index (κ3) is 6.04. The Morgan fingerprint density at radius 2 is 1.91 bits per heavy atom. The average Bonchev–Trinajstić information content (AvgIpc) is 2.76. The molecule has 0 aliphatic heterocycles. The summed E-state index contributed by atoms with van der Waals surface area (Å²) in [6.07, 6.45) is 0. The fourth-order valence-corrected chi connectivity index (χ4v) is 3.86. The van der Waals surface area contributed by atoms with Crippen molar-refractivity contribution in [1.82, 2.24) is 14.7 Å². The molecule has 1 N–H and O–H groups in total. The number of hydrogen-bond donors (Lipinski definition) is 1. The van der Waals surface area contributed by atoms with Crippen molar-refractivity contribution >= 4 is 15.9 Å². The maximum atomic E-state index is 14.1. The molecule has 0 fully saturated rings. The lowest BCUT2D eigenvalue weighted by atomic mass is 10.1. The van der Waals surface area contributed by atoms with Gasteiger partial charge in [0, 0.05) is 20.2 Å². The predicted molar refractivity (Wildman–Crippen MR) is 124 cm³/mol. The summed E-state index contributed by atoms with van der Waals surface area (Å²) in [6.45, 7) is 6.01. The molecule has 0 saturated heterocycles. The number of sulfonamides is 1. The smallest absolute Gasteiger partial charge is 0.281 e. The van der Waals surface area contributed by atoms with E-state index in [-0.39, 0.29) is 25.2 Å². The molecule has 0 spiro atoms. The van der Waals surface area contributed by atoms with Crippen molar-refractivity contribution in [2.75, 3.05) is 13.7 Å². The fraction of sp³-hybridized carbons (Fsp3) is 0.261. The second-order valence-electron chi connectivity index (χ2n) is 7.69. The predicted octanol–water partition coefficient (Wildman–Crippen LogP) is 4.25. The Morgan fingerprint density at radius 1 is 1.15 bits per heavy atom. The number of nitrogens with one attached hydrogen (secondary N) is 1. The second-order valence-corrected chi connectivity index (χ2v) is 9.31. The van der Waals surface area contributed by atoms with Crippen molar-refractivity contribution in [3.05, 3.63) is 65.6 Å². The molecule has 2 heterocycles. The van der Waals surface area contributed by atoms with E-state index in [0.717, 1.165) is 0 Å². The van der Waals surface area contributed by atoms with E-state index in [1.165, 1.54) is 43.5 Å². The number of pyridine rings is 2. The highest BCUT2D eigenvalue weighted by Gasteiger charge is 2.23. The summed E-state index contributed by atoms with van der Waals surface area (Å²) in [4.78, 5) is 20.9. The summed E-state index contributed by atoms with van der Waals surface area (Å²) in [5.74, 6) is -0.955. The van der Waals surface area contributed by atoms with Crippen LogP contribution in [0, 0.1) is 18.7 Å². The zero-order valence-corrected chi connectivity index (χ0v) is 19.4. The van der Waals surface area contributed by atoms with Crippen molar-refractivity contribution < 1.29 is 29.9 Å². The lowest BCUT2D eigenvalue weighted by Crippen LogP contribution is -2.31. The summed E-state index contributed by atoms with van der Waals surface area (Å²) >= 11 is 0. The van der Waals surface area contributed by atoms with Gasteiger partial charge in [0.25, 0.3) is 15.9 Å². The first-order chi connectivity index (χ1) is 15.6. The largest absolute Gasteiger partial charge is 0.493 e. The zero-order valence-electron chi connectivity index (χ0n) is 18.6. The Morgan fingerprint density at radius 3 is 2.58 bits per heavy atom. The Hall–Kier alpha value is -3.53. The van der Waals surface area contributed by atoms with Gasteiger partial charge in [-0.3, -0.25) is 4.79 Å². The lowest BCUT2D eigenvalue weighted by Gasteiger charge is -2.12. The summed E-state index contributed by atoms with van der Waals surface area (Å²) < 4.78 is 52.0. The average molecular weight is 478 g/mol. The normalized spacial score (nSPS) is 11.3. The minimum absolute atomic E-state index is 0. The van der Waals surface area contributed by atoms with Gasteiger partial charge in [-0.1, -0.05) is 19.9 Å². The molecule has 0 bridgehead atoms. The molecule has 0 saturated carbocycles. The molecule has 8 nitrogen and oxygen atoms in total.